The molecular formula is C15H18FN3O2S. The van der Waals surface area contributed by atoms with E-state index in [2.05, 4.69) is 22.4 Å². The second-order valence-corrected chi connectivity index (χ2v) is 5.85. The molecule has 1 amide bonds. The highest BCUT2D eigenvalue weighted by Crippen LogP contribution is 2.23. The van der Waals surface area contributed by atoms with Gasteiger partial charge in [-0.15, -0.1) is 10.2 Å². The van der Waals surface area contributed by atoms with Crippen LogP contribution >= 0.6 is 11.8 Å². The molecular weight excluding hydrogens is 305 g/mol. The second kappa shape index (κ2) is 7.93. The van der Waals surface area contributed by atoms with E-state index in [0.29, 0.717) is 16.7 Å². The number of hydrogen-bond acceptors (Lipinski definition) is 5. The highest BCUT2D eigenvalue weighted by atomic mass is 32.2. The Kier molecular flexibility index (Phi) is 5.94. The third kappa shape index (κ3) is 4.84. The van der Waals surface area contributed by atoms with E-state index in [1.165, 1.54) is 23.9 Å². The molecule has 0 unspecified atom stereocenters. The first-order valence-corrected chi connectivity index (χ1v) is 8.08. The van der Waals surface area contributed by atoms with Crippen molar-refractivity contribution in [3.63, 3.8) is 0 Å². The van der Waals surface area contributed by atoms with Crippen LogP contribution in [0.2, 0.25) is 0 Å². The molecule has 0 spiro atoms. The van der Waals surface area contributed by atoms with Crippen molar-refractivity contribution >= 4 is 17.7 Å². The van der Waals surface area contributed by atoms with E-state index in [9.17, 15) is 9.18 Å². The lowest BCUT2D eigenvalue weighted by atomic mass is 10.2. The molecule has 0 bridgehead atoms. The summed E-state index contributed by atoms with van der Waals surface area (Å²) in [6.45, 7) is 4.05. The number of nitrogens with zero attached hydrogens (tertiary/aromatic N) is 2. The zero-order valence-electron chi connectivity index (χ0n) is 12.5. The predicted molar refractivity (Wildman–Crippen MR) is 82.9 cm³/mol. The predicted octanol–water partition coefficient (Wildman–Crippen LogP) is 3.27. The minimum atomic E-state index is -0.323. The molecule has 0 saturated carbocycles. The Labute approximate surface area is 132 Å². The molecule has 22 heavy (non-hydrogen) atoms. The smallest absolute Gasteiger partial charge is 0.277 e. The minimum absolute atomic E-state index is 0.0625. The van der Waals surface area contributed by atoms with Gasteiger partial charge >= 0.3 is 0 Å². The maximum absolute atomic E-state index is 12.9. The normalized spacial score (nSPS) is 12.1. The van der Waals surface area contributed by atoms with Crippen molar-refractivity contribution < 1.29 is 13.6 Å². The molecule has 1 aromatic heterocycles. The summed E-state index contributed by atoms with van der Waals surface area (Å²) < 4.78 is 18.3. The molecule has 1 N–H and O–H groups in total. The van der Waals surface area contributed by atoms with Crippen LogP contribution in [0.3, 0.4) is 0 Å². The number of carbonyl (C=O) groups excluding carboxylic acids is 1. The molecule has 1 atom stereocenters. The van der Waals surface area contributed by atoms with Crippen LogP contribution < -0.4 is 5.32 Å². The van der Waals surface area contributed by atoms with Gasteiger partial charge in [-0.1, -0.05) is 25.1 Å². The molecule has 2 aromatic rings. The van der Waals surface area contributed by atoms with Crippen molar-refractivity contribution in [1.29, 1.82) is 0 Å². The molecule has 0 aliphatic rings. The average molecular weight is 323 g/mol. The first-order valence-electron chi connectivity index (χ1n) is 7.10. The summed E-state index contributed by atoms with van der Waals surface area (Å²) in [7, 11) is 0. The van der Waals surface area contributed by atoms with Crippen molar-refractivity contribution in [2.45, 2.75) is 38.0 Å². The number of benzene rings is 1. The van der Waals surface area contributed by atoms with Gasteiger partial charge in [-0.25, -0.2) is 4.39 Å². The molecule has 0 aliphatic carbocycles. The molecule has 1 aromatic carbocycles. The number of thioether (sulfide) groups is 1. The SMILES string of the molecule is CCC[C@@H](C)NC(=O)CSc1nnc(-c2ccc(F)cc2)o1. The Morgan fingerprint density at radius 3 is 2.77 bits per heavy atom. The maximum atomic E-state index is 12.9. The van der Waals surface area contributed by atoms with Crippen molar-refractivity contribution in [1.82, 2.24) is 15.5 Å². The Balaban J connectivity index is 1.87. The zero-order valence-corrected chi connectivity index (χ0v) is 13.3. The molecule has 0 saturated heterocycles. The lowest BCUT2D eigenvalue weighted by Crippen LogP contribution is -2.33. The summed E-state index contributed by atoms with van der Waals surface area (Å²) >= 11 is 1.18. The Hall–Kier alpha value is -1.89. The largest absolute Gasteiger partial charge is 0.411 e. The van der Waals surface area contributed by atoms with Crippen LogP contribution in [0.25, 0.3) is 11.5 Å². The van der Waals surface area contributed by atoms with E-state index in [4.69, 9.17) is 4.42 Å². The second-order valence-electron chi connectivity index (χ2n) is 4.93. The van der Waals surface area contributed by atoms with Crippen LogP contribution in [-0.2, 0) is 4.79 Å². The number of rotatable bonds is 7. The average Bonchev–Trinajstić information content (AvgIpc) is 2.95. The molecule has 1 heterocycles. The van der Waals surface area contributed by atoms with Gasteiger partial charge in [0.25, 0.3) is 5.22 Å². The van der Waals surface area contributed by atoms with E-state index in [-0.39, 0.29) is 23.5 Å². The zero-order chi connectivity index (χ0) is 15.9. The van der Waals surface area contributed by atoms with Crippen LogP contribution in [0, 0.1) is 5.82 Å². The number of amides is 1. The van der Waals surface area contributed by atoms with Crippen molar-refractivity contribution in [3.8, 4) is 11.5 Å². The summed E-state index contributed by atoms with van der Waals surface area (Å²) in [6.07, 6.45) is 1.98. The van der Waals surface area contributed by atoms with Crippen molar-refractivity contribution in [2.75, 3.05) is 5.75 Å². The van der Waals surface area contributed by atoms with Gasteiger partial charge in [0.05, 0.1) is 5.75 Å². The Morgan fingerprint density at radius 1 is 1.36 bits per heavy atom. The van der Waals surface area contributed by atoms with Crippen LogP contribution in [0.4, 0.5) is 4.39 Å². The van der Waals surface area contributed by atoms with E-state index < -0.39 is 0 Å². The van der Waals surface area contributed by atoms with Gasteiger partial charge in [0.15, 0.2) is 0 Å². The van der Waals surface area contributed by atoms with Crippen molar-refractivity contribution in [2.24, 2.45) is 0 Å². The highest BCUT2D eigenvalue weighted by molar-refractivity contribution is 7.99. The quantitative estimate of drug-likeness (QED) is 0.792. The maximum Gasteiger partial charge on any atom is 0.277 e. The standard InChI is InChI=1S/C15H18FN3O2S/c1-3-4-10(2)17-13(20)9-22-15-19-18-14(21-15)11-5-7-12(16)8-6-11/h5-8,10H,3-4,9H2,1-2H3,(H,17,20)/t10-/m1/s1. The van der Waals surface area contributed by atoms with Gasteiger partial charge in [0, 0.05) is 11.6 Å². The van der Waals surface area contributed by atoms with Gasteiger partial charge in [-0.2, -0.15) is 0 Å². The molecule has 0 aliphatic heterocycles. The van der Waals surface area contributed by atoms with Crippen LogP contribution in [0.5, 0.6) is 0 Å². The Bertz CT molecular complexity index is 616. The summed E-state index contributed by atoms with van der Waals surface area (Å²) in [5.74, 6) is 0.143. The molecule has 0 fully saturated rings. The third-order valence-corrected chi connectivity index (χ3v) is 3.77. The highest BCUT2D eigenvalue weighted by Gasteiger charge is 2.12. The summed E-state index contributed by atoms with van der Waals surface area (Å²) in [6, 6.07) is 5.95. The third-order valence-electron chi connectivity index (χ3n) is 2.95. The molecule has 2 rings (SSSR count). The van der Waals surface area contributed by atoms with Crippen LogP contribution in [0.1, 0.15) is 26.7 Å². The van der Waals surface area contributed by atoms with Gasteiger partial charge in [0.1, 0.15) is 5.82 Å². The summed E-state index contributed by atoms with van der Waals surface area (Å²) in [4.78, 5) is 11.8. The fourth-order valence-electron chi connectivity index (χ4n) is 1.93. The van der Waals surface area contributed by atoms with E-state index in [1.807, 2.05) is 6.92 Å². The number of carbonyl (C=O) groups is 1. The molecule has 0 radical (unpaired) electrons. The lowest BCUT2D eigenvalue weighted by Gasteiger charge is -2.11. The van der Waals surface area contributed by atoms with Crippen LogP contribution in [-0.4, -0.2) is 27.9 Å². The minimum Gasteiger partial charge on any atom is -0.411 e. The lowest BCUT2D eigenvalue weighted by molar-refractivity contribution is -0.119. The van der Waals surface area contributed by atoms with Gasteiger partial charge in [0.2, 0.25) is 11.8 Å². The first-order chi connectivity index (χ1) is 10.6. The van der Waals surface area contributed by atoms with E-state index in [1.54, 1.807) is 12.1 Å². The van der Waals surface area contributed by atoms with Crippen molar-refractivity contribution in [3.05, 3.63) is 30.1 Å². The topological polar surface area (TPSA) is 68.0 Å². The van der Waals surface area contributed by atoms with Crippen LogP contribution in [0.15, 0.2) is 33.9 Å². The summed E-state index contributed by atoms with van der Waals surface area (Å²) in [5, 5.41) is 11.0. The molecule has 118 valence electrons. The van der Waals surface area contributed by atoms with Gasteiger partial charge in [-0.05, 0) is 37.6 Å². The number of aromatic nitrogens is 2. The monoisotopic (exact) mass is 323 g/mol. The summed E-state index contributed by atoms with van der Waals surface area (Å²) in [5.41, 5.74) is 0.641. The van der Waals surface area contributed by atoms with E-state index >= 15 is 0 Å². The molecule has 7 heteroatoms. The number of nitrogens with one attached hydrogen (secondary N) is 1. The Morgan fingerprint density at radius 2 is 2.09 bits per heavy atom. The van der Waals surface area contributed by atoms with Gasteiger partial charge < -0.3 is 9.73 Å². The fraction of sp³-hybridized carbons (Fsp3) is 0.400. The number of halogens is 1. The van der Waals surface area contributed by atoms with Gasteiger partial charge in [-0.3, -0.25) is 4.79 Å². The first kappa shape index (κ1) is 16.5. The fourth-order valence-corrected chi connectivity index (χ4v) is 2.50. The van der Waals surface area contributed by atoms with E-state index in [0.717, 1.165) is 12.8 Å². The number of hydrogen-bond donors (Lipinski definition) is 1. The molecule has 5 nitrogen and oxygen atoms in total.